The van der Waals surface area contributed by atoms with E-state index in [9.17, 15) is 27.6 Å². The van der Waals surface area contributed by atoms with Gasteiger partial charge < -0.3 is 35.0 Å². The van der Waals surface area contributed by atoms with Crippen molar-refractivity contribution in [2.75, 3.05) is 64.5 Å². The summed E-state index contributed by atoms with van der Waals surface area (Å²) in [4.78, 5) is 47.3. The van der Waals surface area contributed by atoms with Gasteiger partial charge in [-0.15, -0.1) is 0 Å². The number of anilines is 2. The standard InChI is InChI=1S/C33H42ClF3N6O4/c1-38-29-25(33(35,36)37)18-21(19-26(29)34)20-28(30(44)41-13-9-23(10-14-41)40(2)3)47-32(46)42-15-11-24(12-16-42)43-17-8-22-6-4-5-7-27(22)39-31(43)45/h4-7,18-19,23-24,28,38H,8-17,20H2,1-3H3,(H,39,45)/t28-/m1/s1. The van der Waals surface area contributed by atoms with Crippen molar-refractivity contribution in [1.29, 1.82) is 0 Å². The number of ether oxygens (including phenoxy) is 1. The SMILES string of the molecule is CNc1c(Cl)cc(C[C@@H](OC(=O)N2CCC(N3CCc4ccccc4NC3=O)CC2)C(=O)N2CCC(N(C)C)CC2)cc1C(F)(F)F. The maximum absolute atomic E-state index is 13.9. The van der Waals surface area contributed by atoms with E-state index in [1.54, 1.807) is 4.90 Å². The Balaban J connectivity index is 1.28. The third-order valence-electron chi connectivity index (χ3n) is 9.46. The van der Waals surface area contributed by atoms with E-state index in [2.05, 4.69) is 15.5 Å². The van der Waals surface area contributed by atoms with Gasteiger partial charge in [0, 0.05) is 64.0 Å². The van der Waals surface area contributed by atoms with Crippen LogP contribution >= 0.6 is 11.6 Å². The molecule has 14 heteroatoms. The molecule has 10 nitrogen and oxygen atoms in total. The lowest BCUT2D eigenvalue weighted by Crippen LogP contribution is -2.52. The number of rotatable bonds is 7. The summed E-state index contributed by atoms with van der Waals surface area (Å²) in [5, 5.41) is 5.33. The Kier molecular flexibility index (Phi) is 10.7. The first-order chi connectivity index (χ1) is 22.3. The van der Waals surface area contributed by atoms with E-state index in [0.717, 1.165) is 30.2 Å². The first kappa shape index (κ1) is 34.6. The normalized spacial score (nSPS) is 18.8. The number of piperidine rings is 2. The molecule has 47 heavy (non-hydrogen) atoms. The maximum atomic E-state index is 13.9. The Labute approximate surface area is 278 Å². The molecule has 3 aliphatic heterocycles. The van der Waals surface area contributed by atoms with Gasteiger partial charge in [0.15, 0.2) is 6.10 Å². The van der Waals surface area contributed by atoms with E-state index in [1.165, 1.54) is 18.0 Å². The van der Waals surface area contributed by atoms with Crippen LogP contribution in [0.3, 0.4) is 0 Å². The van der Waals surface area contributed by atoms with Crippen molar-refractivity contribution in [2.45, 2.75) is 62.9 Å². The summed E-state index contributed by atoms with van der Waals surface area (Å²) in [6.07, 6.45) is -3.82. The minimum absolute atomic E-state index is 0.0857. The summed E-state index contributed by atoms with van der Waals surface area (Å²) in [5.74, 6) is -0.450. The van der Waals surface area contributed by atoms with Crippen LogP contribution in [0.4, 0.5) is 34.1 Å². The molecule has 0 radical (unpaired) electrons. The number of hydrogen-bond donors (Lipinski definition) is 2. The molecule has 0 aliphatic carbocycles. The van der Waals surface area contributed by atoms with Crippen LogP contribution in [0.25, 0.3) is 0 Å². The topological polar surface area (TPSA) is 97.5 Å². The third-order valence-corrected chi connectivity index (χ3v) is 9.75. The molecule has 0 unspecified atom stereocenters. The number of halogens is 4. The number of para-hydroxylation sites is 1. The number of fused-ring (bicyclic) bond motifs is 1. The van der Waals surface area contributed by atoms with E-state index in [1.807, 2.05) is 43.3 Å². The highest BCUT2D eigenvalue weighted by Crippen LogP contribution is 2.40. The van der Waals surface area contributed by atoms with E-state index in [-0.39, 0.29) is 34.8 Å². The third kappa shape index (κ3) is 8.06. The number of urea groups is 1. The molecule has 0 saturated carbocycles. The fourth-order valence-corrected chi connectivity index (χ4v) is 7.09. The second kappa shape index (κ2) is 14.6. The number of benzene rings is 2. The lowest BCUT2D eigenvalue weighted by Gasteiger charge is -2.39. The van der Waals surface area contributed by atoms with Crippen LogP contribution in [0.1, 0.15) is 42.4 Å². The number of nitrogens with one attached hydrogen (secondary N) is 2. The van der Waals surface area contributed by atoms with Crippen LogP contribution in [0.15, 0.2) is 36.4 Å². The average Bonchev–Trinajstić information content (AvgIpc) is 3.21. The molecule has 256 valence electrons. The highest BCUT2D eigenvalue weighted by Gasteiger charge is 2.38. The fourth-order valence-electron chi connectivity index (χ4n) is 6.75. The molecule has 1 atom stereocenters. The Hall–Kier alpha value is -3.71. The van der Waals surface area contributed by atoms with Crippen molar-refractivity contribution in [3.8, 4) is 0 Å². The van der Waals surface area contributed by atoms with E-state index >= 15 is 0 Å². The van der Waals surface area contributed by atoms with Crippen molar-refractivity contribution in [2.24, 2.45) is 0 Å². The first-order valence-corrected chi connectivity index (χ1v) is 16.4. The van der Waals surface area contributed by atoms with Gasteiger partial charge in [0.2, 0.25) is 0 Å². The largest absolute Gasteiger partial charge is 0.436 e. The van der Waals surface area contributed by atoms with E-state index in [0.29, 0.717) is 58.0 Å². The molecule has 2 fully saturated rings. The predicted molar refractivity (Wildman–Crippen MR) is 174 cm³/mol. The smallest absolute Gasteiger partial charge is 0.418 e. The van der Waals surface area contributed by atoms with Crippen molar-refractivity contribution >= 4 is 41.0 Å². The monoisotopic (exact) mass is 678 g/mol. The van der Waals surface area contributed by atoms with Crippen LogP contribution in [0.2, 0.25) is 5.02 Å². The van der Waals surface area contributed by atoms with Gasteiger partial charge in [-0.05, 0) is 75.5 Å². The summed E-state index contributed by atoms with van der Waals surface area (Å²) >= 11 is 6.24. The number of carbonyl (C=O) groups excluding carboxylic acids is 3. The summed E-state index contributed by atoms with van der Waals surface area (Å²) in [7, 11) is 5.30. The summed E-state index contributed by atoms with van der Waals surface area (Å²) in [5.41, 5.74) is 0.762. The number of amides is 4. The lowest BCUT2D eigenvalue weighted by molar-refractivity contribution is -0.142. The van der Waals surface area contributed by atoms with Crippen LogP contribution in [-0.2, 0) is 28.5 Å². The van der Waals surface area contributed by atoms with Crippen LogP contribution in [-0.4, -0.2) is 110 Å². The van der Waals surface area contributed by atoms with E-state index < -0.39 is 29.8 Å². The average molecular weight is 679 g/mol. The molecular formula is C33H42ClF3N6O4. The van der Waals surface area contributed by atoms with Gasteiger partial charge in [0.1, 0.15) is 0 Å². The molecule has 0 bridgehead atoms. The zero-order valence-corrected chi connectivity index (χ0v) is 27.7. The van der Waals surface area contributed by atoms with E-state index in [4.69, 9.17) is 16.3 Å². The van der Waals surface area contributed by atoms with Crippen molar-refractivity contribution < 1.29 is 32.3 Å². The quantitative estimate of drug-likeness (QED) is 0.399. The number of likely N-dealkylation sites (tertiary alicyclic amines) is 2. The second-order valence-electron chi connectivity index (χ2n) is 12.6. The van der Waals surface area contributed by atoms with Gasteiger partial charge in [0.05, 0.1) is 16.3 Å². The number of nitrogens with zero attached hydrogens (tertiary/aromatic N) is 4. The Morgan fingerprint density at radius 2 is 1.70 bits per heavy atom. The molecule has 2 aromatic carbocycles. The van der Waals surface area contributed by atoms with Gasteiger partial charge in [-0.3, -0.25) is 4.79 Å². The Morgan fingerprint density at radius 1 is 1.04 bits per heavy atom. The molecule has 0 spiro atoms. The number of carbonyl (C=O) groups is 3. The minimum atomic E-state index is -4.69. The van der Waals surface area contributed by atoms with Crippen LogP contribution in [0.5, 0.6) is 0 Å². The summed E-state index contributed by atoms with van der Waals surface area (Å²) < 4.78 is 47.6. The Bertz CT molecular complexity index is 1460. The molecule has 2 saturated heterocycles. The van der Waals surface area contributed by atoms with Gasteiger partial charge in [-0.25, -0.2) is 9.59 Å². The molecule has 0 aromatic heterocycles. The van der Waals surface area contributed by atoms with Gasteiger partial charge in [0.25, 0.3) is 5.91 Å². The fraction of sp³-hybridized carbons (Fsp3) is 0.545. The van der Waals surface area contributed by atoms with Gasteiger partial charge >= 0.3 is 18.3 Å². The maximum Gasteiger partial charge on any atom is 0.418 e. The number of hydrogen-bond acceptors (Lipinski definition) is 6. The summed E-state index contributed by atoms with van der Waals surface area (Å²) in [6.45, 7) is 2.03. The second-order valence-corrected chi connectivity index (χ2v) is 13.0. The molecule has 2 N–H and O–H groups in total. The predicted octanol–water partition coefficient (Wildman–Crippen LogP) is 5.56. The Morgan fingerprint density at radius 3 is 2.34 bits per heavy atom. The highest BCUT2D eigenvalue weighted by molar-refractivity contribution is 6.33. The number of alkyl halides is 3. The van der Waals surface area contributed by atoms with Gasteiger partial charge in [-0.1, -0.05) is 29.8 Å². The van der Waals surface area contributed by atoms with Crippen LogP contribution < -0.4 is 10.6 Å². The zero-order chi connectivity index (χ0) is 33.9. The minimum Gasteiger partial charge on any atom is -0.436 e. The van der Waals surface area contributed by atoms with Crippen molar-refractivity contribution in [3.05, 3.63) is 58.1 Å². The molecule has 2 aromatic rings. The van der Waals surface area contributed by atoms with Gasteiger partial charge in [-0.2, -0.15) is 13.2 Å². The first-order valence-electron chi connectivity index (χ1n) is 16.0. The highest BCUT2D eigenvalue weighted by atomic mass is 35.5. The molecular weight excluding hydrogens is 637 g/mol. The molecule has 5 rings (SSSR count). The zero-order valence-electron chi connectivity index (χ0n) is 26.9. The molecule has 3 heterocycles. The summed E-state index contributed by atoms with van der Waals surface area (Å²) in [6, 6.07) is 10.0. The molecule has 3 aliphatic rings. The van der Waals surface area contributed by atoms with Crippen molar-refractivity contribution in [3.63, 3.8) is 0 Å². The lowest BCUT2D eigenvalue weighted by atomic mass is 10.00. The van der Waals surface area contributed by atoms with Crippen LogP contribution in [0, 0.1) is 0 Å². The molecule has 4 amide bonds. The van der Waals surface area contributed by atoms with Crippen molar-refractivity contribution in [1.82, 2.24) is 19.6 Å².